The van der Waals surface area contributed by atoms with E-state index in [1.54, 1.807) is 18.2 Å². The van der Waals surface area contributed by atoms with Gasteiger partial charge in [-0.15, -0.1) is 0 Å². The number of halogens is 1. The van der Waals surface area contributed by atoms with Crippen LogP contribution in [0.4, 0.5) is 5.69 Å². The second-order valence-corrected chi connectivity index (χ2v) is 4.12. The number of nitrogens with one attached hydrogen (secondary N) is 2. The Labute approximate surface area is 103 Å². The van der Waals surface area contributed by atoms with E-state index in [1.807, 2.05) is 6.92 Å². The van der Waals surface area contributed by atoms with Crippen LogP contribution in [0.3, 0.4) is 0 Å². The Morgan fingerprint density at radius 1 is 1.53 bits per heavy atom. The van der Waals surface area contributed by atoms with E-state index >= 15 is 0 Å². The van der Waals surface area contributed by atoms with Crippen molar-refractivity contribution in [3.63, 3.8) is 0 Å². The van der Waals surface area contributed by atoms with Crippen LogP contribution in [0, 0.1) is 6.92 Å². The molecule has 0 saturated carbocycles. The van der Waals surface area contributed by atoms with Gasteiger partial charge in [0.1, 0.15) is 5.71 Å². The molecule has 88 valence electrons. The smallest absolute Gasteiger partial charge is 0.272 e. The molecule has 0 spiro atoms. The van der Waals surface area contributed by atoms with Crippen LogP contribution in [-0.2, 0) is 9.59 Å². The number of rotatable bonds is 2. The number of anilines is 1. The van der Waals surface area contributed by atoms with E-state index in [4.69, 9.17) is 11.6 Å². The Balaban J connectivity index is 2.13. The van der Waals surface area contributed by atoms with Crippen LogP contribution in [0.15, 0.2) is 23.3 Å². The van der Waals surface area contributed by atoms with Crippen molar-refractivity contribution in [1.29, 1.82) is 0 Å². The maximum atomic E-state index is 11.7. The van der Waals surface area contributed by atoms with Gasteiger partial charge in [-0.3, -0.25) is 9.59 Å². The summed E-state index contributed by atoms with van der Waals surface area (Å²) in [6.07, 6.45) is 0.00540. The lowest BCUT2D eigenvalue weighted by molar-refractivity contribution is -0.119. The molecular weight excluding hydrogens is 242 g/mol. The van der Waals surface area contributed by atoms with Crippen molar-refractivity contribution in [3.05, 3.63) is 28.8 Å². The molecule has 1 aliphatic rings. The Morgan fingerprint density at radius 3 is 2.94 bits per heavy atom. The number of hydrogen-bond donors (Lipinski definition) is 2. The zero-order chi connectivity index (χ0) is 12.4. The van der Waals surface area contributed by atoms with Gasteiger partial charge < -0.3 is 5.32 Å². The predicted molar refractivity (Wildman–Crippen MR) is 65.0 cm³/mol. The van der Waals surface area contributed by atoms with Gasteiger partial charge in [-0.05, 0) is 24.6 Å². The molecule has 5 nitrogen and oxygen atoms in total. The molecule has 1 aromatic rings. The predicted octanol–water partition coefficient (Wildman–Crippen LogP) is 1.46. The Kier molecular flexibility index (Phi) is 3.10. The van der Waals surface area contributed by atoms with Gasteiger partial charge in [0.25, 0.3) is 5.91 Å². The van der Waals surface area contributed by atoms with Gasteiger partial charge in [0.15, 0.2) is 0 Å². The molecule has 2 rings (SSSR count). The third-order valence-electron chi connectivity index (χ3n) is 2.35. The number of carbonyl (C=O) groups is 2. The minimum Gasteiger partial charge on any atom is -0.321 e. The first kappa shape index (κ1) is 11.6. The molecule has 2 amide bonds. The number of benzene rings is 1. The van der Waals surface area contributed by atoms with Crippen LogP contribution in [0.1, 0.15) is 12.0 Å². The summed E-state index contributed by atoms with van der Waals surface area (Å²) in [5, 5.41) is 6.84. The molecule has 17 heavy (non-hydrogen) atoms. The van der Waals surface area contributed by atoms with Crippen molar-refractivity contribution in [1.82, 2.24) is 5.43 Å². The van der Waals surface area contributed by atoms with Gasteiger partial charge in [-0.25, -0.2) is 5.43 Å². The van der Waals surface area contributed by atoms with E-state index in [0.717, 1.165) is 5.56 Å². The molecule has 0 aliphatic carbocycles. The first-order chi connectivity index (χ1) is 8.06. The molecule has 0 saturated heterocycles. The van der Waals surface area contributed by atoms with E-state index < -0.39 is 5.91 Å². The zero-order valence-corrected chi connectivity index (χ0v) is 9.84. The number of amides is 2. The monoisotopic (exact) mass is 251 g/mol. The highest BCUT2D eigenvalue weighted by Gasteiger charge is 2.21. The maximum Gasteiger partial charge on any atom is 0.272 e. The molecule has 6 heteroatoms. The summed E-state index contributed by atoms with van der Waals surface area (Å²) < 4.78 is 0. The van der Waals surface area contributed by atoms with Gasteiger partial charge in [0, 0.05) is 10.7 Å². The SMILES string of the molecule is Cc1ccc(Cl)cc1NC(=O)C1=NNC(=O)C1. The Hall–Kier alpha value is -1.88. The molecule has 0 radical (unpaired) electrons. The number of carbonyl (C=O) groups excluding carboxylic acids is 2. The highest BCUT2D eigenvalue weighted by atomic mass is 35.5. The third kappa shape index (κ3) is 2.62. The van der Waals surface area contributed by atoms with E-state index in [-0.39, 0.29) is 18.0 Å². The van der Waals surface area contributed by atoms with Gasteiger partial charge in [0.05, 0.1) is 6.42 Å². The highest BCUT2D eigenvalue weighted by Crippen LogP contribution is 2.20. The zero-order valence-electron chi connectivity index (χ0n) is 9.08. The first-order valence-electron chi connectivity index (χ1n) is 4.99. The number of aryl methyl sites for hydroxylation is 1. The first-order valence-corrected chi connectivity index (χ1v) is 5.37. The lowest BCUT2D eigenvalue weighted by atomic mass is 10.2. The van der Waals surface area contributed by atoms with Crippen molar-refractivity contribution >= 4 is 34.8 Å². The maximum absolute atomic E-state index is 11.7. The quantitative estimate of drug-likeness (QED) is 0.835. The Bertz CT molecular complexity index is 525. The van der Waals surface area contributed by atoms with Crippen molar-refractivity contribution in [2.45, 2.75) is 13.3 Å². The minimum atomic E-state index is -0.395. The number of nitrogens with zero attached hydrogens (tertiary/aromatic N) is 1. The van der Waals surface area contributed by atoms with Crippen LogP contribution < -0.4 is 10.7 Å². The summed E-state index contributed by atoms with van der Waals surface area (Å²) in [7, 11) is 0. The molecule has 0 aromatic heterocycles. The van der Waals surface area contributed by atoms with Crippen LogP contribution in [-0.4, -0.2) is 17.5 Å². The van der Waals surface area contributed by atoms with Gasteiger partial charge in [-0.2, -0.15) is 5.10 Å². The summed E-state index contributed by atoms with van der Waals surface area (Å²) in [5.41, 5.74) is 3.90. The van der Waals surface area contributed by atoms with E-state index in [0.29, 0.717) is 10.7 Å². The normalized spacial score (nSPS) is 14.2. The summed E-state index contributed by atoms with van der Waals surface area (Å²) >= 11 is 5.84. The summed E-state index contributed by atoms with van der Waals surface area (Å²) in [5.74, 6) is -0.674. The van der Waals surface area contributed by atoms with Crippen LogP contribution in [0.25, 0.3) is 0 Å². The van der Waals surface area contributed by atoms with Gasteiger partial charge >= 0.3 is 0 Å². The van der Waals surface area contributed by atoms with Crippen molar-refractivity contribution in [2.75, 3.05) is 5.32 Å². The summed E-state index contributed by atoms with van der Waals surface area (Å²) in [4.78, 5) is 22.7. The molecule has 1 heterocycles. The third-order valence-corrected chi connectivity index (χ3v) is 2.59. The average Bonchev–Trinajstić information content (AvgIpc) is 2.70. The Morgan fingerprint density at radius 2 is 2.29 bits per heavy atom. The largest absolute Gasteiger partial charge is 0.321 e. The molecule has 2 N–H and O–H groups in total. The van der Waals surface area contributed by atoms with E-state index in [9.17, 15) is 9.59 Å². The number of hydrogen-bond acceptors (Lipinski definition) is 3. The van der Waals surface area contributed by atoms with Crippen LogP contribution >= 0.6 is 11.6 Å². The van der Waals surface area contributed by atoms with Crippen molar-refractivity contribution < 1.29 is 9.59 Å². The van der Waals surface area contributed by atoms with Gasteiger partial charge in [0.2, 0.25) is 5.91 Å². The fraction of sp³-hybridized carbons (Fsp3) is 0.182. The second kappa shape index (κ2) is 4.55. The lowest BCUT2D eigenvalue weighted by Gasteiger charge is -2.07. The summed E-state index contributed by atoms with van der Waals surface area (Å²) in [6, 6.07) is 5.20. The van der Waals surface area contributed by atoms with E-state index in [2.05, 4.69) is 15.8 Å². The fourth-order valence-corrected chi connectivity index (χ4v) is 1.59. The molecule has 1 aromatic carbocycles. The lowest BCUT2D eigenvalue weighted by Crippen LogP contribution is -2.22. The van der Waals surface area contributed by atoms with Crippen LogP contribution in [0.5, 0.6) is 0 Å². The molecule has 0 fully saturated rings. The number of hydrazone groups is 1. The molecule has 0 atom stereocenters. The van der Waals surface area contributed by atoms with E-state index in [1.165, 1.54) is 0 Å². The highest BCUT2D eigenvalue weighted by molar-refractivity contribution is 6.46. The standard InChI is InChI=1S/C11H10ClN3O2/c1-6-2-3-7(12)4-8(6)13-11(17)9-5-10(16)15-14-9/h2-4H,5H2,1H3,(H,13,17)(H,15,16). The topological polar surface area (TPSA) is 70.6 Å². The summed E-state index contributed by atoms with van der Waals surface area (Å²) in [6.45, 7) is 1.85. The molecular formula is C11H10ClN3O2. The molecule has 0 bridgehead atoms. The average molecular weight is 252 g/mol. The second-order valence-electron chi connectivity index (χ2n) is 3.68. The van der Waals surface area contributed by atoms with Crippen molar-refractivity contribution in [2.24, 2.45) is 5.10 Å². The molecule has 1 aliphatic heterocycles. The molecule has 0 unspecified atom stereocenters. The van der Waals surface area contributed by atoms with Crippen molar-refractivity contribution in [3.8, 4) is 0 Å². The van der Waals surface area contributed by atoms with Crippen LogP contribution in [0.2, 0.25) is 5.02 Å². The minimum absolute atomic E-state index is 0.00540. The van der Waals surface area contributed by atoms with Gasteiger partial charge in [-0.1, -0.05) is 17.7 Å². The fourth-order valence-electron chi connectivity index (χ4n) is 1.42.